The van der Waals surface area contributed by atoms with Crippen molar-refractivity contribution < 1.29 is 14.6 Å². The fourth-order valence-corrected chi connectivity index (χ4v) is 1.62. The van der Waals surface area contributed by atoms with Crippen molar-refractivity contribution >= 4 is 11.8 Å². The van der Waals surface area contributed by atoms with E-state index in [1.165, 1.54) is 0 Å². The fraction of sp³-hybridized carbons (Fsp3) is 0.615. The van der Waals surface area contributed by atoms with E-state index in [1.807, 2.05) is 6.92 Å². The lowest BCUT2D eigenvalue weighted by Gasteiger charge is -2.06. The molecule has 0 amide bonds. The number of nitrogens with one attached hydrogen (secondary N) is 1. The maximum atomic E-state index is 10.3. The van der Waals surface area contributed by atoms with E-state index in [0.717, 1.165) is 32.2 Å². The summed E-state index contributed by atoms with van der Waals surface area (Å²) in [5.41, 5.74) is 0. The van der Waals surface area contributed by atoms with Crippen molar-refractivity contribution in [2.45, 2.75) is 39.0 Å². The van der Waals surface area contributed by atoms with Crippen LogP contribution in [0.25, 0.3) is 0 Å². The standard InChI is InChI=1S/C13H21N3O3/c1-2-19-12-10-14-9-11(16-12)15-8-6-4-3-5-7-13(17)18/h9-10H,2-8H2,1H3,(H,15,16)(H,17,18). The summed E-state index contributed by atoms with van der Waals surface area (Å²) in [6, 6.07) is 0. The van der Waals surface area contributed by atoms with Gasteiger partial charge in [0, 0.05) is 13.0 Å². The molecule has 0 saturated carbocycles. The van der Waals surface area contributed by atoms with E-state index in [0.29, 0.717) is 18.3 Å². The number of carboxylic acids is 1. The zero-order valence-corrected chi connectivity index (χ0v) is 11.3. The van der Waals surface area contributed by atoms with Crippen molar-refractivity contribution in [1.29, 1.82) is 0 Å². The molecule has 0 bridgehead atoms. The highest BCUT2D eigenvalue weighted by molar-refractivity contribution is 5.66. The number of ether oxygens (including phenoxy) is 1. The lowest BCUT2D eigenvalue weighted by atomic mass is 10.1. The molecule has 0 saturated heterocycles. The van der Waals surface area contributed by atoms with E-state index in [4.69, 9.17) is 9.84 Å². The Hall–Kier alpha value is -1.85. The zero-order valence-electron chi connectivity index (χ0n) is 11.3. The zero-order chi connectivity index (χ0) is 13.9. The second-order valence-electron chi connectivity index (χ2n) is 4.16. The van der Waals surface area contributed by atoms with Crippen LogP contribution in [0.15, 0.2) is 12.4 Å². The molecular weight excluding hydrogens is 246 g/mol. The van der Waals surface area contributed by atoms with Crippen molar-refractivity contribution in [2.75, 3.05) is 18.5 Å². The van der Waals surface area contributed by atoms with Gasteiger partial charge in [-0.05, 0) is 19.8 Å². The number of hydrogen-bond donors (Lipinski definition) is 2. The Bertz CT molecular complexity index is 385. The minimum Gasteiger partial charge on any atom is -0.481 e. The Balaban J connectivity index is 2.12. The third kappa shape index (κ3) is 7.23. The van der Waals surface area contributed by atoms with Gasteiger partial charge in [-0.25, -0.2) is 0 Å². The average molecular weight is 267 g/mol. The Morgan fingerprint density at radius 1 is 1.32 bits per heavy atom. The third-order valence-electron chi connectivity index (χ3n) is 2.53. The van der Waals surface area contributed by atoms with Gasteiger partial charge in [0.25, 0.3) is 0 Å². The van der Waals surface area contributed by atoms with Crippen LogP contribution in [-0.4, -0.2) is 34.2 Å². The van der Waals surface area contributed by atoms with Gasteiger partial charge in [0.1, 0.15) is 5.82 Å². The van der Waals surface area contributed by atoms with Crippen LogP contribution < -0.4 is 10.1 Å². The molecular formula is C13H21N3O3. The monoisotopic (exact) mass is 267 g/mol. The summed E-state index contributed by atoms with van der Waals surface area (Å²) in [5.74, 6) is 0.506. The molecule has 1 heterocycles. The molecule has 2 N–H and O–H groups in total. The van der Waals surface area contributed by atoms with Crippen LogP contribution in [0.5, 0.6) is 5.88 Å². The van der Waals surface area contributed by atoms with Gasteiger partial charge in [0.2, 0.25) is 5.88 Å². The molecule has 1 aromatic heterocycles. The minimum atomic E-state index is -0.721. The number of anilines is 1. The van der Waals surface area contributed by atoms with Gasteiger partial charge in [-0.15, -0.1) is 0 Å². The first-order valence-electron chi connectivity index (χ1n) is 6.63. The van der Waals surface area contributed by atoms with Gasteiger partial charge in [-0.3, -0.25) is 9.78 Å². The first kappa shape index (κ1) is 15.2. The van der Waals surface area contributed by atoms with Crippen LogP contribution >= 0.6 is 0 Å². The first-order valence-corrected chi connectivity index (χ1v) is 6.63. The quantitative estimate of drug-likeness (QED) is 0.633. The van der Waals surface area contributed by atoms with Gasteiger partial charge < -0.3 is 15.2 Å². The number of hydrogen-bond acceptors (Lipinski definition) is 5. The van der Waals surface area contributed by atoms with Crippen molar-refractivity contribution in [3.8, 4) is 5.88 Å². The highest BCUT2D eigenvalue weighted by Crippen LogP contribution is 2.09. The number of aromatic nitrogens is 2. The first-order chi connectivity index (χ1) is 9.22. The van der Waals surface area contributed by atoms with Crippen molar-refractivity contribution in [3.05, 3.63) is 12.4 Å². The molecule has 0 aromatic carbocycles. The average Bonchev–Trinajstić information content (AvgIpc) is 2.38. The maximum Gasteiger partial charge on any atom is 0.303 e. The molecule has 0 unspecified atom stereocenters. The molecule has 106 valence electrons. The van der Waals surface area contributed by atoms with E-state index in [-0.39, 0.29) is 6.42 Å². The summed E-state index contributed by atoms with van der Waals surface area (Å²) in [7, 11) is 0. The number of rotatable bonds is 10. The molecule has 0 aliphatic heterocycles. The lowest BCUT2D eigenvalue weighted by Crippen LogP contribution is -2.05. The van der Waals surface area contributed by atoms with Gasteiger partial charge >= 0.3 is 5.97 Å². The normalized spacial score (nSPS) is 10.2. The Morgan fingerprint density at radius 2 is 2.11 bits per heavy atom. The lowest BCUT2D eigenvalue weighted by molar-refractivity contribution is -0.137. The predicted molar refractivity (Wildman–Crippen MR) is 72.4 cm³/mol. The number of aliphatic carboxylic acids is 1. The van der Waals surface area contributed by atoms with Crippen LogP contribution in [-0.2, 0) is 4.79 Å². The molecule has 1 rings (SSSR count). The van der Waals surface area contributed by atoms with Gasteiger partial charge in [0.15, 0.2) is 0 Å². The number of carbonyl (C=O) groups is 1. The Labute approximate surface area is 113 Å². The van der Waals surface area contributed by atoms with Gasteiger partial charge in [-0.1, -0.05) is 12.8 Å². The summed E-state index contributed by atoms with van der Waals surface area (Å²) >= 11 is 0. The second-order valence-corrected chi connectivity index (χ2v) is 4.16. The summed E-state index contributed by atoms with van der Waals surface area (Å²) < 4.78 is 5.26. The topological polar surface area (TPSA) is 84.3 Å². The maximum absolute atomic E-state index is 10.3. The molecule has 6 nitrogen and oxygen atoms in total. The van der Waals surface area contributed by atoms with Crippen LogP contribution in [0.2, 0.25) is 0 Å². The molecule has 0 aliphatic rings. The van der Waals surface area contributed by atoms with E-state index in [1.54, 1.807) is 12.4 Å². The summed E-state index contributed by atoms with van der Waals surface area (Å²) in [6.45, 7) is 3.28. The van der Waals surface area contributed by atoms with Crippen molar-refractivity contribution in [2.24, 2.45) is 0 Å². The molecule has 0 aliphatic carbocycles. The molecule has 19 heavy (non-hydrogen) atoms. The van der Waals surface area contributed by atoms with Crippen LogP contribution in [0.1, 0.15) is 39.0 Å². The minimum absolute atomic E-state index is 0.259. The molecule has 0 fully saturated rings. The largest absolute Gasteiger partial charge is 0.481 e. The fourth-order valence-electron chi connectivity index (χ4n) is 1.62. The van der Waals surface area contributed by atoms with Crippen molar-refractivity contribution in [3.63, 3.8) is 0 Å². The van der Waals surface area contributed by atoms with Crippen LogP contribution in [0.3, 0.4) is 0 Å². The molecule has 0 radical (unpaired) electrons. The van der Waals surface area contributed by atoms with E-state index < -0.39 is 5.97 Å². The van der Waals surface area contributed by atoms with E-state index >= 15 is 0 Å². The third-order valence-corrected chi connectivity index (χ3v) is 2.53. The van der Waals surface area contributed by atoms with Gasteiger partial charge in [0.05, 0.1) is 19.0 Å². The Morgan fingerprint density at radius 3 is 2.84 bits per heavy atom. The molecule has 1 aromatic rings. The molecule has 6 heteroatoms. The molecule has 0 atom stereocenters. The number of carboxylic acid groups (broad SMARTS) is 1. The van der Waals surface area contributed by atoms with Gasteiger partial charge in [-0.2, -0.15) is 4.98 Å². The second kappa shape index (κ2) is 9.13. The predicted octanol–water partition coefficient (Wildman–Crippen LogP) is 2.32. The smallest absolute Gasteiger partial charge is 0.303 e. The van der Waals surface area contributed by atoms with Crippen LogP contribution in [0, 0.1) is 0 Å². The molecule has 0 spiro atoms. The van der Waals surface area contributed by atoms with E-state index in [9.17, 15) is 4.79 Å². The van der Waals surface area contributed by atoms with Crippen LogP contribution in [0.4, 0.5) is 5.82 Å². The number of unbranched alkanes of at least 4 members (excludes halogenated alkanes) is 3. The highest BCUT2D eigenvalue weighted by atomic mass is 16.5. The SMILES string of the molecule is CCOc1cncc(NCCCCCCC(=O)O)n1. The Kier molecular flexibility index (Phi) is 7.31. The van der Waals surface area contributed by atoms with Crippen molar-refractivity contribution in [1.82, 2.24) is 9.97 Å². The summed E-state index contributed by atoms with van der Waals surface area (Å²) in [6.07, 6.45) is 7.19. The van der Waals surface area contributed by atoms with E-state index in [2.05, 4.69) is 15.3 Å². The highest BCUT2D eigenvalue weighted by Gasteiger charge is 1.99. The summed E-state index contributed by atoms with van der Waals surface area (Å²) in [5, 5.41) is 11.7. The number of nitrogens with zero attached hydrogens (tertiary/aromatic N) is 2. The summed E-state index contributed by atoms with van der Waals surface area (Å²) in [4.78, 5) is 18.6.